The molecule has 0 spiro atoms. The standard InChI is InChI=1S/C36H39OP/c37-35-17-9-7-15-33(35)29-23-19-27(20-24-29)28-21-25-30(26-22-28)34-16-8-10-18-36(34)38(31-11-3-1-4-12-31)32-13-5-2-6-14-32/h7-10,15-26,31-32,37H,1-6,11-14H2. The first kappa shape index (κ1) is 25.4. The summed E-state index contributed by atoms with van der Waals surface area (Å²) in [5, 5.41) is 11.9. The molecule has 2 heteroatoms. The molecule has 1 nitrogen and oxygen atoms in total. The van der Waals surface area contributed by atoms with Gasteiger partial charge in [-0.15, -0.1) is 0 Å². The summed E-state index contributed by atoms with van der Waals surface area (Å²) in [7, 11) is -0.137. The van der Waals surface area contributed by atoms with E-state index < -0.39 is 0 Å². The van der Waals surface area contributed by atoms with Crippen LogP contribution < -0.4 is 5.30 Å². The van der Waals surface area contributed by atoms with E-state index in [4.69, 9.17) is 0 Å². The largest absolute Gasteiger partial charge is 0.507 e. The maximum atomic E-state index is 10.2. The number of benzene rings is 4. The molecule has 1 N–H and O–H groups in total. The van der Waals surface area contributed by atoms with Crippen molar-refractivity contribution in [2.75, 3.05) is 0 Å². The monoisotopic (exact) mass is 518 g/mol. The maximum absolute atomic E-state index is 10.2. The van der Waals surface area contributed by atoms with E-state index in [1.807, 2.05) is 18.2 Å². The highest BCUT2D eigenvalue weighted by molar-refractivity contribution is 7.67. The smallest absolute Gasteiger partial charge is 0.123 e. The third-order valence-corrected chi connectivity index (χ3v) is 12.3. The summed E-state index contributed by atoms with van der Waals surface area (Å²) in [6, 6.07) is 34.7. The predicted octanol–water partition coefficient (Wildman–Crippen LogP) is 10.2. The van der Waals surface area contributed by atoms with Crippen LogP contribution >= 0.6 is 7.92 Å². The molecule has 6 rings (SSSR count). The lowest BCUT2D eigenvalue weighted by atomic mass is 9.98. The second kappa shape index (κ2) is 11.9. The van der Waals surface area contributed by atoms with Crippen LogP contribution in [0, 0.1) is 0 Å². The van der Waals surface area contributed by atoms with E-state index in [0.29, 0.717) is 5.75 Å². The third-order valence-electron chi connectivity index (χ3n) is 8.75. The molecule has 0 bridgehead atoms. The highest BCUT2D eigenvalue weighted by atomic mass is 31.1. The van der Waals surface area contributed by atoms with Crippen molar-refractivity contribution >= 4 is 13.2 Å². The first-order valence-corrected chi connectivity index (χ1v) is 16.1. The molecule has 2 aliphatic rings. The molecule has 38 heavy (non-hydrogen) atoms. The Labute approximate surface area is 229 Å². The number of hydrogen-bond donors (Lipinski definition) is 1. The van der Waals surface area contributed by atoms with Crippen molar-refractivity contribution in [3.63, 3.8) is 0 Å². The number of rotatable bonds is 6. The molecule has 194 valence electrons. The Morgan fingerprint density at radius 1 is 0.447 bits per heavy atom. The maximum Gasteiger partial charge on any atom is 0.123 e. The molecule has 0 aliphatic heterocycles. The molecular formula is C36H39OP. The number of phenols is 1. The second-order valence-corrected chi connectivity index (χ2v) is 13.9. The Balaban J connectivity index is 1.29. The molecule has 0 amide bonds. The van der Waals surface area contributed by atoms with Gasteiger partial charge in [0.15, 0.2) is 0 Å². The van der Waals surface area contributed by atoms with Gasteiger partial charge in [-0.3, -0.25) is 0 Å². The molecule has 2 fully saturated rings. The number of aromatic hydroxyl groups is 1. The van der Waals surface area contributed by atoms with E-state index in [9.17, 15) is 5.11 Å². The fourth-order valence-electron chi connectivity index (χ4n) is 6.76. The van der Waals surface area contributed by atoms with Crippen LogP contribution in [-0.2, 0) is 0 Å². The summed E-state index contributed by atoms with van der Waals surface area (Å²) in [6.07, 6.45) is 14.3. The van der Waals surface area contributed by atoms with Crippen LogP contribution in [0.5, 0.6) is 5.75 Å². The molecule has 0 heterocycles. The predicted molar refractivity (Wildman–Crippen MR) is 165 cm³/mol. The summed E-state index contributed by atoms with van der Waals surface area (Å²) in [5.74, 6) is 0.324. The highest BCUT2D eigenvalue weighted by Crippen LogP contribution is 2.56. The van der Waals surface area contributed by atoms with Crippen LogP contribution in [0.3, 0.4) is 0 Å². The summed E-state index contributed by atoms with van der Waals surface area (Å²) >= 11 is 0. The summed E-state index contributed by atoms with van der Waals surface area (Å²) < 4.78 is 0. The summed E-state index contributed by atoms with van der Waals surface area (Å²) in [6.45, 7) is 0. The quantitative estimate of drug-likeness (QED) is 0.252. The average Bonchev–Trinajstić information content (AvgIpc) is 2.99. The first-order chi connectivity index (χ1) is 18.8. The molecule has 2 saturated carbocycles. The van der Waals surface area contributed by atoms with Crippen molar-refractivity contribution in [2.24, 2.45) is 0 Å². The van der Waals surface area contributed by atoms with Crippen molar-refractivity contribution in [3.05, 3.63) is 97.1 Å². The topological polar surface area (TPSA) is 20.2 Å². The van der Waals surface area contributed by atoms with Gasteiger partial charge < -0.3 is 5.11 Å². The van der Waals surface area contributed by atoms with Crippen molar-refractivity contribution in [1.82, 2.24) is 0 Å². The summed E-state index contributed by atoms with van der Waals surface area (Å²) in [4.78, 5) is 0. The zero-order valence-electron chi connectivity index (χ0n) is 22.4. The van der Waals surface area contributed by atoms with E-state index in [1.54, 1.807) is 11.4 Å². The lowest BCUT2D eigenvalue weighted by Gasteiger charge is -2.39. The summed E-state index contributed by atoms with van der Waals surface area (Å²) in [5.41, 5.74) is 8.99. The van der Waals surface area contributed by atoms with Crippen LogP contribution in [-0.4, -0.2) is 16.4 Å². The fourth-order valence-corrected chi connectivity index (χ4v) is 10.7. The molecule has 4 aromatic carbocycles. The lowest BCUT2D eigenvalue weighted by molar-refractivity contribution is 0.477. The minimum absolute atomic E-state index is 0.137. The van der Waals surface area contributed by atoms with Crippen molar-refractivity contribution in [3.8, 4) is 39.1 Å². The second-order valence-electron chi connectivity index (χ2n) is 11.2. The SMILES string of the molecule is Oc1ccccc1-c1ccc(-c2ccc(-c3ccccc3P(C3CCCCC3)C3CCCCC3)cc2)cc1. The molecule has 2 aliphatic carbocycles. The van der Waals surface area contributed by atoms with E-state index >= 15 is 0 Å². The van der Waals surface area contributed by atoms with Gasteiger partial charge in [0.1, 0.15) is 5.75 Å². The van der Waals surface area contributed by atoms with Gasteiger partial charge in [-0.05, 0) is 76.2 Å². The van der Waals surface area contributed by atoms with Crippen molar-refractivity contribution in [1.29, 1.82) is 0 Å². The van der Waals surface area contributed by atoms with E-state index in [0.717, 1.165) is 22.4 Å². The molecular weight excluding hydrogens is 479 g/mol. The van der Waals surface area contributed by atoms with E-state index in [-0.39, 0.29) is 7.92 Å². The van der Waals surface area contributed by atoms with Gasteiger partial charge in [0, 0.05) is 5.56 Å². The third kappa shape index (κ3) is 5.45. The van der Waals surface area contributed by atoms with Crippen LogP contribution in [0.25, 0.3) is 33.4 Å². The number of para-hydroxylation sites is 1. The van der Waals surface area contributed by atoms with Crippen LogP contribution in [0.1, 0.15) is 64.2 Å². The minimum Gasteiger partial charge on any atom is -0.507 e. The van der Waals surface area contributed by atoms with Crippen LogP contribution in [0.15, 0.2) is 97.1 Å². The molecule has 0 atom stereocenters. The molecule has 0 saturated heterocycles. The Hall–Kier alpha value is -2.89. The van der Waals surface area contributed by atoms with E-state index in [1.165, 1.54) is 86.5 Å². The fraction of sp³-hybridized carbons (Fsp3) is 0.333. The Kier molecular flexibility index (Phi) is 7.94. The van der Waals surface area contributed by atoms with Gasteiger partial charge in [0.25, 0.3) is 0 Å². The average molecular weight is 519 g/mol. The Morgan fingerprint density at radius 2 is 0.868 bits per heavy atom. The Bertz CT molecular complexity index is 1310. The number of phenolic OH excluding ortho intramolecular Hbond substituents is 1. The molecule has 0 radical (unpaired) electrons. The van der Waals surface area contributed by atoms with Crippen LogP contribution in [0.2, 0.25) is 0 Å². The molecule has 0 unspecified atom stereocenters. The van der Waals surface area contributed by atoms with Gasteiger partial charge in [-0.25, -0.2) is 0 Å². The van der Waals surface area contributed by atoms with E-state index in [2.05, 4.69) is 72.8 Å². The molecule has 0 aromatic heterocycles. The van der Waals surface area contributed by atoms with Gasteiger partial charge in [0.2, 0.25) is 0 Å². The zero-order valence-corrected chi connectivity index (χ0v) is 23.3. The minimum atomic E-state index is -0.137. The first-order valence-electron chi connectivity index (χ1n) is 14.6. The Morgan fingerprint density at radius 3 is 1.39 bits per heavy atom. The van der Waals surface area contributed by atoms with Crippen molar-refractivity contribution in [2.45, 2.75) is 75.5 Å². The highest BCUT2D eigenvalue weighted by Gasteiger charge is 2.33. The zero-order chi connectivity index (χ0) is 25.7. The van der Waals surface area contributed by atoms with Crippen molar-refractivity contribution < 1.29 is 5.11 Å². The van der Waals surface area contributed by atoms with Gasteiger partial charge in [0.05, 0.1) is 0 Å². The van der Waals surface area contributed by atoms with Gasteiger partial charge in [-0.2, -0.15) is 0 Å². The number of hydrogen-bond acceptors (Lipinski definition) is 1. The lowest BCUT2D eigenvalue weighted by Crippen LogP contribution is -2.27. The van der Waals surface area contributed by atoms with Crippen LogP contribution in [0.4, 0.5) is 0 Å². The van der Waals surface area contributed by atoms with Gasteiger partial charge in [-0.1, -0.05) is 137 Å². The van der Waals surface area contributed by atoms with Gasteiger partial charge >= 0.3 is 0 Å². The normalized spacial score (nSPS) is 17.1. The molecule has 4 aromatic rings.